The minimum atomic E-state index is -0.735. The highest BCUT2D eigenvalue weighted by atomic mass is 16.5. The van der Waals surface area contributed by atoms with Gasteiger partial charge in [0.15, 0.2) is 0 Å². The highest BCUT2D eigenvalue weighted by molar-refractivity contribution is 5.42. The zero-order valence-corrected chi connectivity index (χ0v) is 15.0. The van der Waals surface area contributed by atoms with Gasteiger partial charge in [-0.2, -0.15) is 0 Å². The van der Waals surface area contributed by atoms with Crippen LogP contribution in [0.15, 0.2) is 36.4 Å². The van der Waals surface area contributed by atoms with Crippen LogP contribution in [0.4, 0.5) is 0 Å². The van der Waals surface area contributed by atoms with Gasteiger partial charge in [-0.05, 0) is 36.4 Å². The summed E-state index contributed by atoms with van der Waals surface area (Å²) >= 11 is 0. The fourth-order valence-corrected chi connectivity index (χ4v) is 2.57. The predicted molar refractivity (Wildman–Crippen MR) is 95.8 cm³/mol. The molecule has 0 heterocycles. The van der Waals surface area contributed by atoms with Gasteiger partial charge < -0.3 is 29.4 Å². The lowest BCUT2D eigenvalue weighted by Crippen LogP contribution is -2.21. The van der Waals surface area contributed by atoms with E-state index in [4.69, 9.17) is 18.9 Å². The first-order chi connectivity index (χ1) is 12.1. The van der Waals surface area contributed by atoms with Crippen LogP contribution in [-0.2, 0) is 6.54 Å². The summed E-state index contributed by atoms with van der Waals surface area (Å²) in [6, 6.07) is 11.0. The Kier molecular flexibility index (Phi) is 6.91. The first-order valence-corrected chi connectivity index (χ1v) is 7.94. The van der Waals surface area contributed by atoms with Crippen molar-refractivity contribution in [1.82, 2.24) is 5.32 Å². The number of ether oxygens (including phenoxy) is 4. The molecule has 0 bridgehead atoms. The second kappa shape index (κ2) is 9.15. The molecule has 0 aliphatic rings. The second-order valence-electron chi connectivity index (χ2n) is 5.43. The fourth-order valence-electron chi connectivity index (χ4n) is 2.57. The van der Waals surface area contributed by atoms with E-state index in [-0.39, 0.29) is 0 Å². The van der Waals surface area contributed by atoms with Crippen molar-refractivity contribution in [3.8, 4) is 23.0 Å². The summed E-state index contributed by atoms with van der Waals surface area (Å²) in [5.41, 5.74) is 1.62. The van der Waals surface area contributed by atoms with Crippen molar-refractivity contribution in [1.29, 1.82) is 0 Å². The number of methoxy groups -OCH3 is 4. The van der Waals surface area contributed by atoms with Gasteiger partial charge in [-0.25, -0.2) is 0 Å². The Labute approximate surface area is 148 Å². The molecule has 6 heteroatoms. The number of hydrogen-bond donors (Lipinski definition) is 2. The van der Waals surface area contributed by atoms with Gasteiger partial charge in [-0.3, -0.25) is 0 Å². The van der Waals surface area contributed by atoms with E-state index in [1.165, 1.54) is 0 Å². The summed E-state index contributed by atoms with van der Waals surface area (Å²) in [4.78, 5) is 0. The maximum absolute atomic E-state index is 10.5. The largest absolute Gasteiger partial charge is 0.497 e. The lowest BCUT2D eigenvalue weighted by molar-refractivity contribution is 0.169. The third-order valence-electron chi connectivity index (χ3n) is 3.94. The number of nitrogens with one attached hydrogen (secondary N) is 1. The highest BCUT2D eigenvalue weighted by Gasteiger charge is 2.15. The number of aliphatic hydroxyl groups excluding tert-OH is 1. The van der Waals surface area contributed by atoms with E-state index in [0.717, 1.165) is 17.1 Å². The monoisotopic (exact) mass is 347 g/mol. The average molecular weight is 347 g/mol. The van der Waals surface area contributed by atoms with Gasteiger partial charge in [0.1, 0.15) is 23.0 Å². The molecule has 1 atom stereocenters. The van der Waals surface area contributed by atoms with E-state index in [1.54, 1.807) is 46.6 Å². The van der Waals surface area contributed by atoms with Gasteiger partial charge in [0.25, 0.3) is 0 Å². The molecule has 2 aromatic rings. The Morgan fingerprint density at radius 2 is 1.44 bits per heavy atom. The molecule has 0 saturated carbocycles. The molecule has 6 nitrogen and oxygen atoms in total. The smallest absolute Gasteiger partial charge is 0.124 e. The number of aliphatic hydroxyl groups is 1. The first kappa shape index (κ1) is 18.9. The Hall–Kier alpha value is -2.44. The SMILES string of the molecule is COc1ccc(OC)c(CNC[C@H](O)c2cc(OC)ccc2OC)c1. The van der Waals surface area contributed by atoms with Crippen LogP contribution < -0.4 is 24.3 Å². The van der Waals surface area contributed by atoms with Gasteiger partial charge in [0.05, 0.1) is 34.5 Å². The van der Waals surface area contributed by atoms with Crippen LogP contribution in [0.25, 0.3) is 0 Å². The van der Waals surface area contributed by atoms with E-state index in [9.17, 15) is 5.11 Å². The molecule has 0 amide bonds. The molecule has 0 unspecified atom stereocenters. The molecule has 2 N–H and O–H groups in total. The van der Waals surface area contributed by atoms with Crippen LogP contribution in [0, 0.1) is 0 Å². The zero-order valence-electron chi connectivity index (χ0n) is 15.0. The minimum absolute atomic E-state index is 0.351. The molecule has 0 radical (unpaired) electrons. The van der Waals surface area contributed by atoms with E-state index < -0.39 is 6.10 Å². The van der Waals surface area contributed by atoms with Gasteiger partial charge in [0.2, 0.25) is 0 Å². The van der Waals surface area contributed by atoms with Crippen LogP contribution in [0.3, 0.4) is 0 Å². The van der Waals surface area contributed by atoms with Crippen LogP contribution >= 0.6 is 0 Å². The van der Waals surface area contributed by atoms with Crippen LogP contribution in [0.5, 0.6) is 23.0 Å². The van der Waals surface area contributed by atoms with Crippen LogP contribution in [0.2, 0.25) is 0 Å². The fraction of sp³-hybridized carbons (Fsp3) is 0.368. The van der Waals surface area contributed by atoms with Crippen molar-refractivity contribution in [3.63, 3.8) is 0 Å². The minimum Gasteiger partial charge on any atom is -0.497 e. The van der Waals surface area contributed by atoms with Crippen LogP contribution in [-0.4, -0.2) is 40.1 Å². The number of rotatable bonds is 9. The summed E-state index contributed by atoms with van der Waals surface area (Å²) in [5.74, 6) is 2.81. The number of benzene rings is 2. The van der Waals surface area contributed by atoms with E-state index in [1.807, 2.05) is 18.2 Å². The predicted octanol–water partition coefficient (Wildman–Crippen LogP) is 2.54. The maximum atomic E-state index is 10.5. The van der Waals surface area contributed by atoms with Crippen molar-refractivity contribution < 1.29 is 24.1 Å². The highest BCUT2D eigenvalue weighted by Crippen LogP contribution is 2.29. The summed E-state index contributed by atoms with van der Waals surface area (Å²) in [6.07, 6.45) is -0.735. The van der Waals surface area contributed by atoms with Crippen molar-refractivity contribution >= 4 is 0 Å². The second-order valence-corrected chi connectivity index (χ2v) is 5.43. The van der Waals surface area contributed by atoms with Gasteiger partial charge in [-0.1, -0.05) is 0 Å². The molecular formula is C19H25NO5. The van der Waals surface area contributed by atoms with Crippen molar-refractivity contribution in [2.75, 3.05) is 35.0 Å². The molecule has 2 rings (SSSR count). The maximum Gasteiger partial charge on any atom is 0.124 e. The summed E-state index contributed by atoms with van der Waals surface area (Å²) in [6.45, 7) is 0.883. The van der Waals surface area contributed by atoms with E-state index >= 15 is 0 Å². The summed E-state index contributed by atoms with van der Waals surface area (Å²) in [5, 5.41) is 13.7. The summed E-state index contributed by atoms with van der Waals surface area (Å²) in [7, 11) is 6.41. The molecule has 2 aromatic carbocycles. The van der Waals surface area contributed by atoms with Gasteiger partial charge in [0, 0.05) is 24.2 Å². The standard InChI is InChI=1S/C19H25NO5/c1-22-14-5-7-18(24-3)13(9-14)11-20-12-17(21)16-10-15(23-2)6-8-19(16)25-4/h5-10,17,20-21H,11-12H2,1-4H3/t17-/m0/s1. The lowest BCUT2D eigenvalue weighted by Gasteiger charge is -2.17. The molecule has 0 aliphatic carbocycles. The molecular weight excluding hydrogens is 322 g/mol. The Morgan fingerprint density at radius 1 is 0.840 bits per heavy atom. The molecule has 25 heavy (non-hydrogen) atoms. The molecule has 0 saturated heterocycles. The molecule has 136 valence electrons. The third kappa shape index (κ3) is 4.78. The van der Waals surface area contributed by atoms with E-state index in [0.29, 0.717) is 30.2 Å². The van der Waals surface area contributed by atoms with Crippen molar-refractivity contribution in [3.05, 3.63) is 47.5 Å². The lowest BCUT2D eigenvalue weighted by atomic mass is 10.1. The zero-order chi connectivity index (χ0) is 18.2. The summed E-state index contributed by atoms with van der Waals surface area (Å²) < 4.78 is 21.1. The first-order valence-electron chi connectivity index (χ1n) is 7.94. The van der Waals surface area contributed by atoms with Crippen LogP contribution in [0.1, 0.15) is 17.2 Å². The molecule has 0 aliphatic heterocycles. The molecule has 0 spiro atoms. The third-order valence-corrected chi connectivity index (χ3v) is 3.94. The quantitative estimate of drug-likeness (QED) is 0.727. The normalized spacial score (nSPS) is 11.7. The molecule has 0 aromatic heterocycles. The number of hydrogen-bond acceptors (Lipinski definition) is 6. The molecule has 0 fully saturated rings. The van der Waals surface area contributed by atoms with Gasteiger partial charge in [-0.15, -0.1) is 0 Å². The Morgan fingerprint density at radius 3 is 2.04 bits per heavy atom. The van der Waals surface area contributed by atoms with Crippen molar-refractivity contribution in [2.45, 2.75) is 12.6 Å². The van der Waals surface area contributed by atoms with Gasteiger partial charge >= 0.3 is 0 Å². The average Bonchev–Trinajstić information content (AvgIpc) is 2.67. The topological polar surface area (TPSA) is 69.2 Å². The Bertz CT molecular complexity index is 690. The Balaban J connectivity index is 2.04. The van der Waals surface area contributed by atoms with Crippen molar-refractivity contribution in [2.24, 2.45) is 0 Å². The van der Waals surface area contributed by atoms with E-state index in [2.05, 4.69) is 5.32 Å².